The normalized spacial score (nSPS) is 8.94. The Morgan fingerprint density at radius 1 is 1.38 bits per heavy atom. The fourth-order valence-corrected chi connectivity index (χ4v) is 1.08. The Bertz CT molecular complexity index is 313. The number of nitrogens with two attached hydrogens (primary N) is 1. The van der Waals surface area contributed by atoms with Crippen LogP contribution in [0.25, 0.3) is 0 Å². The van der Waals surface area contributed by atoms with E-state index in [1.54, 1.807) is 24.3 Å². The molecule has 0 fully saturated rings. The minimum Gasteiger partial charge on any atom is -0.508 e. The zero-order valence-corrected chi connectivity index (χ0v) is 9.77. The first kappa shape index (κ1) is 14.5. The molecule has 0 unspecified atom stereocenters. The number of rotatable bonds is 4. The molecule has 0 aliphatic carbocycles. The van der Waals surface area contributed by atoms with Gasteiger partial charge in [0.2, 0.25) is 0 Å². The number of phenolic OH excluding ortho intramolecular Hbond substituents is 1. The van der Waals surface area contributed by atoms with Crippen molar-refractivity contribution < 1.29 is 14.6 Å². The van der Waals surface area contributed by atoms with Gasteiger partial charge in [-0.1, -0.05) is 25.1 Å². The zero-order chi connectivity index (χ0) is 12.4. The maximum Gasteiger partial charge on any atom is 0.310 e. The summed E-state index contributed by atoms with van der Waals surface area (Å²) in [5.41, 5.74) is 5.11. The number of esters is 1. The summed E-state index contributed by atoms with van der Waals surface area (Å²) in [7, 11) is 1.50. The monoisotopic (exact) mass is 225 g/mol. The van der Waals surface area contributed by atoms with E-state index in [9.17, 15) is 9.90 Å². The zero-order valence-electron chi connectivity index (χ0n) is 9.77. The van der Waals surface area contributed by atoms with Crippen LogP contribution in [0.3, 0.4) is 0 Å². The molecule has 4 nitrogen and oxygen atoms in total. The van der Waals surface area contributed by atoms with Gasteiger partial charge < -0.3 is 15.6 Å². The second kappa shape index (κ2) is 8.73. The quantitative estimate of drug-likeness (QED) is 0.761. The molecular weight excluding hydrogens is 206 g/mol. The van der Waals surface area contributed by atoms with Crippen molar-refractivity contribution in [1.29, 1.82) is 0 Å². The third kappa shape index (κ3) is 5.36. The lowest BCUT2D eigenvalue weighted by atomic mass is 10.1. The number of hydrogen-bond acceptors (Lipinski definition) is 4. The van der Waals surface area contributed by atoms with Crippen LogP contribution in [-0.2, 0) is 16.0 Å². The Morgan fingerprint density at radius 3 is 2.56 bits per heavy atom. The van der Waals surface area contributed by atoms with E-state index in [1.165, 1.54) is 7.05 Å². The predicted molar refractivity (Wildman–Crippen MR) is 63.2 cm³/mol. The summed E-state index contributed by atoms with van der Waals surface area (Å²) in [6.45, 7) is 2.37. The minimum atomic E-state index is -0.298. The Balaban J connectivity index is 0.00000106. The number of aromatic hydroxyl groups is 1. The van der Waals surface area contributed by atoms with Gasteiger partial charge in [0, 0.05) is 5.56 Å². The van der Waals surface area contributed by atoms with Gasteiger partial charge in [0.25, 0.3) is 0 Å². The molecule has 1 aromatic carbocycles. The van der Waals surface area contributed by atoms with Crippen LogP contribution >= 0.6 is 0 Å². The van der Waals surface area contributed by atoms with Crippen LogP contribution in [-0.4, -0.2) is 24.7 Å². The van der Waals surface area contributed by atoms with Gasteiger partial charge in [-0.3, -0.25) is 4.79 Å². The average Bonchev–Trinajstić information content (AvgIpc) is 2.32. The Kier molecular flexibility index (Phi) is 7.89. The van der Waals surface area contributed by atoms with Gasteiger partial charge in [0.05, 0.1) is 13.0 Å². The lowest BCUT2D eigenvalue weighted by Crippen LogP contribution is -2.08. The summed E-state index contributed by atoms with van der Waals surface area (Å²) in [5.74, 6) is -0.158. The van der Waals surface area contributed by atoms with Crippen molar-refractivity contribution in [2.45, 2.75) is 19.8 Å². The molecule has 0 aliphatic heterocycles. The Morgan fingerprint density at radius 2 is 2.00 bits per heavy atom. The molecule has 0 atom stereocenters. The molecule has 4 heteroatoms. The summed E-state index contributed by atoms with van der Waals surface area (Å²) < 4.78 is 4.90. The summed E-state index contributed by atoms with van der Waals surface area (Å²) in [4.78, 5) is 11.2. The molecule has 0 radical (unpaired) electrons. The highest BCUT2D eigenvalue weighted by Gasteiger charge is 2.07. The highest BCUT2D eigenvalue weighted by molar-refractivity contribution is 5.73. The number of phenols is 1. The van der Waals surface area contributed by atoms with Crippen molar-refractivity contribution >= 4 is 5.97 Å². The SMILES string of the molecule is CCCOC(=O)Cc1ccccc1O.CN. The summed E-state index contributed by atoms with van der Waals surface area (Å²) in [6, 6.07) is 6.77. The van der Waals surface area contributed by atoms with Crippen molar-refractivity contribution in [3.05, 3.63) is 29.8 Å². The van der Waals surface area contributed by atoms with Crippen molar-refractivity contribution in [3.8, 4) is 5.75 Å². The lowest BCUT2D eigenvalue weighted by Gasteiger charge is -2.04. The predicted octanol–water partition coefficient (Wildman–Crippen LogP) is 1.46. The van der Waals surface area contributed by atoms with E-state index in [0.29, 0.717) is 12.2 Å². The molecule has 1 aromatic rings. The smallest absolute Gasteiger partial charge is 0.310 e. The molecule has 0 saturated heterocycles. The lowest BCUT2D eigenvalue weighted by molar-refractivity contribution is -0.142. The van der Waals surface area contributed by atoms with E-state index in [-0.39, 0.29) is 18.1 Å². The minimum absolute atomic E-state index is 0.132. The van der Waals surface area contributed by atoms with Crippen LogP contribution in [0.4, 0.5) is 0 Å². The third-order valence-corrected chi connectivity index (χ3v) is 1.79. The number of carbonyl (C=O) groups is 1. The maximum absolute atomic E-state index is 11.2. The van der Waals surface area contributed by atoms with Crippen LogP contribution in [0.15, 0.2) is 24.3 Å². The Hall–Kier alpha value is -1.55. The van der Waals surface area contributed by atoms with Crippen molar-refractivity contribution in [1.82, 2.24) is 0 Å². The molecule has 0 amide bonds. The molecule has 0 saturated carbocycles. The van der Waals surface area contributed by atoms with Gasteiger partial charge in [-0.15, -0.1) is 0 Å². The van der Waals surface area contributed by atoms with Crippen molar-refractivity contribution in [3.63, 3.8) is 0 Å². The number of benzene rings is 1. The topological polar surface area (TPSA) is 72.5 Å². The van der Waals surface area contributed by atoms with Gasteiger partial charge in [-0.2, -0.15) is 0 Å². The second-order valence-electron chi connectivity index (χ2n) is 3.03. The van der Waals surface area contributed by atoms with E-state index in [4.69, 9.17) is 4.74 Å². The molecule has 0 bridgehead atoms. The molecular formula is C12H19NO3. The standard InChI is InChI=1S/C11H14O3.CH5N/c1-2-7-14-11(13)8-9-5-3-4-6-10(9)12;1-2/h3-6,12H,2,7-8H2,1H3;2H2,1H3. The largest absolute Gasteiger partial charge is 0.508 e. The first-order valence-electron chi connectivity index (χ1n) is 5.24. The molecule has 0 aliphatic rings. The van der Waals surface area contributed by atoms with Crippen molar-refractivity contribution in [2.75, 3.05) is 13.7 Å². The highest BCUT2D eigenvalue weighted by atomic mass is 16.5. The summed E-state index contributed by atoms with van der Waals surface area (Å²) in [6.07, 6.45) is 0.944. The number of para-hydroxylation sites is 1. The molecule has 90 valence electrons. The van der Waals surface area contributed by atoms with Crippen LogP contribution in [0.5, 0.6) is 5.75 Å². The van der Waals surface area contributed by atoms with Gasteiger partial charge >= 0.3 is 5.97 Å². The fourth-order valence-electron chi connectivity index (χ4n) is 1.08. The van der Waals surface area contributed by atoms with Gasteiger partial charge in [0.15, 0.2) is 0 Å². The van der Waals surface area contributed by atoms with Crippen LogP contribution < -0.4 is 5.73 Å². The first-order chi connectivity index (χ1) is 7.74. The van der Waals surface area contributed by atoms with E-state index in [2.05, 4.69) is 5.73 Å². The third-order valence-electron chi connectivity index (χ3n) is 1.79. The summed E-state index contributed by atoms with van der Waals surface area (Å²) in [5, 5.41) is 9.38. The molecule has 0 spiro atoms. The van der Waals surface area contributed by atoms with Crippen LogP contribution in [0, 0.1) is 0 Å². The highest BCUT2D eigenvalue weighted by Crippen LogP contribution is 2.16. The van der Waals surface area contributed by atoms with E-state index >= 15 is 0 Å². The molecule has 3 N–H and O–H groups in total. The van der Waals surface area contributed by atoms with Gasteiger partial charge in [-0.05, 0) is 19.5 Å². The van der Waals surface area contributed by atoms with E-state index in [0.717, 1.165) is 6.42 Å². The number of hydrogen-bond donors (Lipinski definition) is 2. The first-order valence-corrected chi connectivity index (χ1v) is 5.24. The molecule has 0 heterocycles. The van der Waals surface area contributed by atoms with Crippen LogP contribution in [0.1, 0.15) is 18.9 Å². The molecule has 16 heavy (non-hydrogen) atoms. The summed E-state index contributed by atoms with van der Waals surface area (Å²) >= 11 is 0. The molecule has 1 rings (SSSR count). The van der Waals surface area contributed by atoms with Crippen molar-refractivity contribution in [2.24, 2.45) is 5.73 Å². The van der Waals surface area contributed by atoms with Gasteiger partial charge in [0.1, 0.15) is 5.75 Å². The second-order valence-corrected chi connectivity index (χ2v) is 3.03. The Labute approximate surface area is 96.0 Å². The average molecular weight is 225 g/mol. The number of carbonyl (C=O) groups excluding carboxylic acids is 1. The molecule has 0 aromatic heterocycles. The maximum atomic E-state index is 11.2. The van der Waals surface area contributed by atoms with E-state index in [1.807, 2.05) is 6.92 Å². The number of ether oxygens (including phenoxy) is 1. The fraction of sp³-hybridized carbons (Fsp3) is 0.417. The van der Waals surface area contributed by atoms with Gasteiger partial charge in [-0.25, -0.2) is 0 Å². The van der Waals surface area contributed by atoms with E-state index < -0.39 is 0 Å². The van der Waals surface area contributed by atoms with Crippen LogP contribution in [0.2, 0.25) is 0 Å².